The summed E-state index contributed by atoms with van der Waals surface area (Å²) in [6.07, 6.45) is 0. The first kappa shape index (κ1) is 30.2. The molecule has 0 bridgehead atoms. The zero-order valence-corrected chi connectivity index (χ0v) is 30.9. The molecule has 10 aromatic rings. The van der Waals surface area contributed by atoms with Crippen LogP contribution in [0.3, 0.4) is 0 Å². The molecule has 6 heterocycles. The molecule has 262 valence electrons. The molecule has 0 fully saturated rings. The second-order valence-corrected chi connectivity index (χ2v) is 16.4. The van der Waals surface area contributed by atoms with Crippen molar-refractivity contribution >= 4 is 112 Å². The monoisotopic (exact) mass is 718 g/mol. The van der Waals surface area contributed by atoms with Crippen molar-refractivity contribution in [3.63, 3.8) is 0 Å². The third-order valence-corrected chi connectivity index (χ3v) is 12.4. The van der Waals surface area contributed by atoms with Crippen LogP contribution in [0.2, 0.25) is 0 Å². The maximum atomic E-state index is 10.8. The summed E-state index contributed by atoms with van der Waals surface area (Å²) in [5, 5.41) is 16.4. The minimum Gasteiger partial charge on any atom is -0.468 e. The molecule has 0 saturated carbocycles. The summed E-state index contributed by atoms with van der Waals surface area (Å²) in [5.74, 6) is 0. The molecule has 6 nitrogen and oxygen atoms in total. The Morgan fingerprint density at radius 3 is 2.16 bits per heavy atom. The molecule has 3 aromatic heterocycles. The quantitative estimate of drug-likeness (QED) is 0.158. The lowest BCUT2D eigenvalue weighted by Gasteiger charge is -2.44. The molecule has 3 aliphatic heterocycles. The van der Waals surface area contributed by atoms with Crippen molar-refractivity contribution in [1.29, 1.82) is 5.26 Å². The van der Waals surface area contributed by atoms with Crippen LogP contribution in [0.25, 0.3) is 60.4 Å². The van der Waals surface area contributed by atoms with E-state index in [0.717, 1.165) is 89.4 Å². The number of aromatic nitrogens is 1. The van der Waals surface area contributed by atoms with E-state index in [2.05, 4.69) is 163 Å². The van der Waals surface area contributed by atoms with Gasteiger partial charge in [0.05, 0.1) is 51.1 Å². The number of anilines is 6. The molecule has 0 amide bonds. The van der Waals surface area contributed by atoms with Gasteiger partial charge in [0, 0.05) is 50.1 Å². The molecule has 0 unspecified atom stereocenters. The van der Waals surface area contributed by atoms with Crippen LogP contribution in [-0.2, 0) is 5.41 Å². The van der Waals surface area contributed by atoms with Crippen LogP contribution in [0.4, 0.5) is 34.1 Å². The Labute approximate surface area is 322 Å². The number of nitriles is 1. The average Bonchev–Trinajstić information content (AvgIpc) is 3.89. The number of hydrogen-bond donors (Lipinski definition) is 0. The molecular formula is C49H31BN4O2. The predicted molar refractivity (Wildman–Crippen MR) is 229 cm³/mol. The molecule has 0 aliphatic carbocycles. The van der Waals surface area contributed by atoms with Crippen molar-refractivity contribution in [3.8, 4) is 11.8 Å². The van der Waals surface area contributed by atoms with Gasteiger partial charge in [-0.15, -0.1) is 0 Å². The Hall–Kier alpha value is -7.17. The van der Waals surface area contributed by atoms with Crippen LogP contribution >= 0.6 is 0 Å². The molecular weight excluding hydrogens is 687 g/mol. The number of nitrogens with zero attached hydrogens (tertiary/aromatic N) is 4. The van der Waals surface area contributed by atoms with Crippen LogP contribution in [0.15, 0.2) is 142 Å². The summed E-state index contributed by atoms with van der Waals surface area (Å²) < 4.78 is 16.1. The van der Waals surface area contributed by atoms with E-state index in [-0.39, 0.29) is 12.1 Å². The molecule has 13 rings (SSSR count). The van der Waals surface area contributed by atoms with Gasteiger partial charge in [-0.1, -0.05) is 87.5 Å². The minimum absolute atomic E-state index is 0.0772. The Morgan fingerprint density at radius 2 is 1.30 bits per heavy atom. The number of rotatable bonds is 1. The fraction of sp³-hybridized carbons (Fsp3) is 0.0816. The fourth-order valence-corrected chi connectivity index (χ4v) is 10.0. The molecule has 7 heteroatoms. The Kier molecular flexibility index (Phi) is 5.46. The van der Waals surface area contributed by atoms with E-state index in [1.165, 1.54) is 27.3 Å². The van der Waals surface area contributed by atoms with Crippen LogP contribution in [-0.4, -0.2) is 11.3 Å². The van der Waals surface area contributed by atoms with Crippen LogP contribution in [0, 0.1) is 11.3 Å². The highest BCUT2D eigenvalue weighted by Crippen LogP contribution is 2.53. The van der Waals surface area contributed by atoms with Crippen molar-refractivity contribution in [2.75, 3.05) is 9.80 Å². The fourth-order valence-electron chi connectivity index (χ4n) is 10.0. The molecule has 3 aliphatic rings. The van der Waals surface area contributed by atoms with Crippen molar-refractivity contribution in [2.45, 2.75) is 26.2 Å². The predicted octanol–water partition coefficient (Wildman–Crippen LogP) is 11.0. The largest absolute Gasteiger partial charge is 0.468 e. The van der Waals surface area contributed by atoms with Gasteiger partial charge in [0.25, 0.3) is 6.71 Å². The second-order valence-electron chi connectivity index (χ2n) is 16.4. The van der Waals surface area contributed by atoms with Gasteiger partial charge >= 0.3 is 0 Å². The van der Waals surface area contributed by atoms with E-state index < -0.39 is 0 Å². The topological polar surface area (TPSA) is 61.5 Å². The van der Waals surface area contributed by atoms with Gasteiger partial charge in [-0.25, -0.2) is 0 Å². The van der Waals surface area contributed by atoms with Gasteiger partial charge in [0.15, 0.2) is 0 Å². The van der Waals surface area contributed by atoms with Crippen molar-refractivity contribution < 1.29 is 8.83 Å². The normalized spacial score (nSPS) is 13.9. The Bertz CT molecular complexity index is 3460. The van der Waals surface area contributed by atoms with Crippen LogP contribution in [0.1, 0.15) is 31.9 Å². The number of furan rings is 2. The number of fused-ring (bicyclic) bond motifs is 14. The van der Waals surface area contributed by atoms with E-state index in [0.29, 0.717) is 5.56 Å². The molecule has 56 heavy (non-hydrogen) atoms. The Morgan fingerprint density at radius 1 is 0.571 bits per heavy atom. The molecule has 0 radical (unpaired) electrons. The van der Waals surface area contributed by atoms with E-state index >= 15 is 0 Å². The van der Waals surface area contributed by atoms with E-state index in [9.17, 15) is 5.26 Å². The van der Waals surface area contributed by atoms with E-state index in [1.807, 2.05) is 12.1 Å². The van der Waals surface area contributed by atoms with Gasteiger partial charge in [-0.3, -0.25) is 0 Å². The van der Waals surface area contributed by atoms with Crippen molar-refractivity contribution in [3.05, 3.63) is 145 Å². The molecule has 7 aromatic carbocycles. The highest BCUT2D eigenvalue weighted by molar-refractivity contribution is 7.00. The molecule has 0 spiro atoms. The molecule has 0 atom stereocenters. The zero-order chi connectivity index (χ0) is 37.2. The molecule has 0 saturated heterocycles. The first-order chi connectivity index (χ1) is 27.4. The average molecular weight is 719 g/mol. The van der Waals surface area contributed by atoms with Crippen LogP contribution in [0.5, 0.6) is 0 Å². The smallest absolute Gasteiger partial charge is 0.297 e. The van der Waals surface area contributed by atoms with Gasteiger partial charge < -0.3 is 23.2 Å². The second kappa shape index (κ2) is 10.1. The summed E-state index contributed by atoms with van der Waals surface area (Å²) in [5.41, 5.74) is 17.0. The zero-order valence-electron chi connectivity index (χ0n) is 30.9. The summed E-state index contributed by atoms with van der Waals surface area (Å²) in [4.78, 5) is 4.74. The first-order valence-corrected chi connectivity index (χ1v) is 19.2. The minimum atomic E-state index is -0.229. The highest BCUT2D eigenvalue weighted by Gasteiger charge is 2.49. The SMILES string of the molecule is CC(C)(C)c1ccc2oc3c(c2c1)N(c1ccc2c(c1)oc1ccccc12)c1cc(C#N)cc2c1B3c1cccc3c1N2c1cccc2c4ccccc4n-3c12. The van der Waals surface area contributed by atoms with Gasteiger partial charge in [-0.2, -0.15) is 5.26 Å². The summed E-state index contributed by atoms with van der Waals surface area (Å²) in [6.45, 7) is 6.52. The number of hydrogen-bond acceptors (Lipinski definition) is 5. The highest BCUT2D eigenvalue weighted by atomic mass is 16.3. The van der Waals surface area contributed by atoms with E-state index in [4.69, 9.17) is 8.83 Å². The van der Waals surface area contributed by atoms with Crippen molar-refractivity contribution in [2.24, 2.45) is 0 Å². The van der Waals surface area contributed by atoms with Gasteiger partial charge in [0.1, 0.15) is 16.7 Å². The number of para-hydroxylation sites is 4. The summed E-state index contributed by atoms with van der Waals surface area (Å²) >= 11 is 0. The lowest BCUT2D eigenvalue weighted by molar-refractivity contribution is 0.590. The maximum absolute atomic E-state index is 10.8. The van der Waals surface area contributed by atoms with Gasteiger partial charge in [0.2, 0.25) is 0 Å². The van der Waals surface area contributed by atoms with Crippen molar-refractivity contribution in [1.82, 2.24) is 4.57 Å². The summed E-state index contributed by atoms with van der Waals surface area (Å²) in [7, 11) is 0. The standard InChI is InChI=1S/C49H31BN4O2/c1-49(2,3)28-18-21-42-34(24-28)46-48(56-42)50-35-13-9-16-38-47(35)54(37-15-8-12-33-30-10-4-6-14-36(30)53(38)45(33)37)40-23-27(26-51)22-39(44(40)50)52(46)29-19-20-32-31-11-5-7-17-41(31)55-43(32)25-29/h4-25H,1-3H3. The van der Waals surface area contributed by atoms with Crippen LogP contribution < -0.4 is 26.4 Å². The number of benzene rings is 7. The third kappa shape index (κ3) is 3.62. The third-order valence-electron chi connectivity index (χ3n) is 12.4. The maximum Gasteiger partial charge on any atom is 0.297 e. The summed E-state index contributed by atoms with van der Waals surface area (Å²) in [6, 6.07) is 50.0. The molecule has 0 N–H and O–H groups in total. The first-order valence-electron chi connectivity index (χ1n) is 19.2. The van der Waals surface area contributed by atoms with E-state index in [1.54, 1.807) is 0 Å². The van der Waals surface area contributed by atoms with Gasteiger partial charge in [-0.05, 0) is 82.6 Å². The lowest BCUT2D eigenvalue weighted by Crippen LogP contribution is -2.61. The Balaban J connectivity index is 1.18. The lowest BCUT2D eigenvalue weighted by atomic mass is 9.35.